The van der Waals surface area contributed by atoms with Gasteiger partial charge < -0.3 is 9.47 Å². The van der Waals surface area contributed by atoms with E-state index in [1.807, 2.05) is 30.3 Å². The standard InChI is InChI=1S/C16H18N2O3/c1-3-21-16(19)15-14(9-10-20-2)12-18(17-15)11-13-7-5-4-6-8-13/h4-10,12H,3,11H2,1-2H3. The molecule has 1 aromatic heterocycles. The summed E-state index contributed by atoms with van der Waals surface area (Å²) in [7, 11) is 1.55. The summed E-state index contributed by atoms with van der Waals surface area (Å²) in [6.07, 6.45) is 5.00. The molecule has 0 radical (unpaired) electrons. The van der Waals surface area contributed by atoms with Crippen LogP contribution < -0.4 is 0 Å². The molecule has 5 heteroatoms. The summed E-state index contributed by atoms with van der Waals surface area (Å²) in [6, 6.07) is 9.92. The second-order valence-electron chi connectivity index (χ2n) is 4.38. The van der Waals surface area contributed by atoms with E-state index in [1.54, 1.807) is 31.0 Å². The Labute approximate surface area is 123 Å². The normalized spacial score (nSPS) is 10.8. The van der Waals surface area contributed by atoms with Gasteiger partial charge in [0.25, 0.3) is 0 Å². The van der Waals surface area contributed by atoms with Crippen molar-refractivity contribution in [2.45, 2.75) is 13.5 Å². The third-order valence-corrected chi connectivity index (χ3v) is 2.83. The van der Waals surface area contributed by atoms with Crippen LogP contribution in [-0.2, 0) is 16.0 Å². The average molecular weight is 286 g/mol. The molecule has 1 heterocycles. The highest BCUT2D eigenvalue weighted by molar-refractivity contribution is 5.91. The number of hydrogen-bond acceptors (Lipinski definition) is 4. The first-order chi connectivity index (χ1) is 10.2. The van der Waals surface area contributed by atoms with Crippen molar-refractivity contribution in [2.75, 3.05) is 13.7 Å². The molecular weight excluding hydrogens is 268 g/mol. The number of benzene rings is 1. The van der Waals surface area contributed by atoms with Gasteiger partial charge in [-0.05, 0) is 18.6 Å². The van der Waals surface area contributed by atoms with Gasteiger partial charge in [0.1, 0.15) is 0 Å². The van der Waals surface area contributed by atoms with E-state index in [2.05, 4.69) is 5.10 Å². The van der Waals surface area contributed by atoms with Gasteiger partial charge in [-0.3, -0.25) is 4.68 Å². The SMILES string of the molecule is CCOC(=O)c1nn(Cc2ccccc2)cc1C=COC. The van der Waals surface area contributed by atoms with Gasteiger partial charge in [0.15, 0.2) is 5.69 Å². The van der Waals surface area contributed by atoms with E-state index in [0.717, 1.165) is 5.56 Å². The number of carbonyl (C=O) groups excluding carboxylic acids is 1. The summed E-state index contributed by atoms with van der Waals surface area (Å²) in [5, 5.41) is 4.31. The van der Waals surface area contributed by atoms with Crippen molar-refractivity contribution in [3.05, 3.63) is 59.6 Å². The van der Waals surface area contributed by atoms with E-state index < -0.39 is 5.97 Å². The molecule has 0 aliphatic rings. The van der Waals surface area contributed by atoms with Crippen LogP contribution in [0.5, 0.6) is 0 Å². The maximum atomic E-state index is 11.9. The van der Waals surface area contributed by atoms with Crippen molar-refractivity contribution in [3.8, 4) is 0 Å². The van der Waals surface area contributed by atoms with Crippen LogP contribution in [0.3, 0.4) is 0 Å². The number of esters is 1. The van der Waals surface area contributed by atoms with Crippen LogP contribution >= 0.6 is 0 Å². The molecule has 0 bridgehead atoms. The highest BCUT2D eigenvalue weighted by atomic mass is 16.5. The molecule has 0 unspecified atom stereocenters. The highest BCUT2D eigenvalue weighted by Gasteiger charge is 2.16. The van der Waals surface area contributed by atoms with Gasteiger partial charge in [-0.25, -0.2) is 4.79 Å². The van der Waals surface area contributed by atoms with Crippen molar-refractivity contribution in [1.29, 1.82) is 0 Å². The summed E-state index contributed by atoms with van der Waals surface area (Å²) in [5.41, 5.74) is 2.07. The van der Waals surface area contributed by atoms with E-state index in [0.29, 0.717) is 24.4 Å². The zero-order valence-electron chi connectivity index (χ0n) is 12.2. The zero-order chi connectivity index (χ0) is 15.1. The molecule has 1 aromatic carbocycles. The third-order valence-electron chi connectivity index (χ3n) is 2.83. The van der Waals surface area contributed by atoms with Crippen molar-refractivity contribution >= 4 is 12.0 Å². The molecule has 0 saturated carbocycles. The Balaban J connectivity index is 2.27. The predicted octanol–water partition coefficient (Wildman–Crippen LogP) is 2.73. The van der Waals surface area contributed by atoms with Crippen LogP contribution in [0.25, 0.3) is 6.08 Å². The number of ether oxygens (including phenoxy) is 2. The lowest BCUT2D eigenvalue weighted by molar-refractivity contribution is 0.0518. The molecule has 110 valence electrons. The van der Waals surface area contributed by atoms with E-state index >= 15 is 0 Å². The first-order valence-corrected chi connectivity index (χ1v) is 6.72. The minimum absolute atomic E-state index is 0.293. The molecule has 2 aromatic rings. The molecule has 0 atom stereocenters. The predicted molar refractivity (Wildman–Crippen MR) is 79.8 cm³/mol. The van der Waals surface area contributed by atoms with Gasteiger partial charge in [0.05, 0.1) is 26.5 Å². The Bertz CT molecular complexity index is 618. The highest BCUT2D eigenvalue weighted by Crippen LogP contribution is 2.13. The lowest BCUT2D eigenvalue weighted by Crippen LogP contribution is -2.08. The number of methoxy groups -OCH3 is 1. The minimum atomic E-state index is -0.430. The Morgan fingerprint density at radius 1 is 1.33 bits per heavy atom. The Morgan fingerprint density at radius 3 is 2.76 bits per heavy atom. The van der Waals surface area contributed by atoms with Crippen LogP contribution in [0.15, 0.2) is 42.8 Å². The van der Waals surface area contributed by atoms with Crippen LogP contribution in [-0.4, -0.2) is 29.5 Å². The third kappa shape index (κ3) is 3.95. The van der Waals surface area contributed by atoms with Crippen LogP contribution in [0.1, 0.15) is 28.5 Å². The first-order valence-electron chi connectivity index (χ1n) is 6.72. The van der Waals surface area contributed by atoms with Crippen molar-refractivity contribution in [2.24, 2.45) is 0 Å². The monoisotopic (exact) mass is 286 g/mol. The quantitative estimate of drug-likeness (QED) is 0.605. The topological polar surface area (TPSA) is 53.3 Å². The van der Waals surface area contributed by atoms with Crippen LogP contribution in [0.4, 0.5) is 0 Å². The van der Waals surface area contributed by atoms with Crippen molar-refractivity contribution in [1.82, 2.24) is 9.78 Å². The lowest BCUT2D eigenvalue weighted by Gasteiger charge is -2.01. The van der Waals surface area contributed by atoms with Gasteiger partial charge in [0.2, 0.25) is 0 Å². The average Bonchev–Trinajstić information content (AvgIpc) is 2.89. The lowest BCUT2D eigenvalue weighted by atomic mass is 10.2. The van der Waals surface area contributed by atoms with E-state index in [1.165, 1.54) is 6.26 Å². The maximum absolute atomic E-state index is 11.9. The van der Waals surface area contributed by atoms with E-state index in [-0.39, 0.29) is 0 Å². The van der Waals surface area contributed by atoms with E-state index in [9.17, 15) is 4.79 Å². The Kier molecular flexibility index (Phi) is 5.15. The summed E-state index contributed by atoms with van der Waals surface area (Å²) in [5.74, 6) is -0.430. The largest absolute Gasteiger partial charge is 0.504 e. The van der Waals surface area contributed by atoms with Gasteiger partial charge in [-0.2, -0.15) is 5.10 Å². The molecule has 2 rings (SSSR count). The molecule has 0 saturated heterocycles. The number of hydrogen-bond donors (Lipinski definition) is 0. The number of nitrogens with zero attached hydrogens (tertiary/aromatic N) is 2. The first kappa shape index (κ1) is 14.8. The Hall–Kier alpha value is -2.56. The van der Waals surface area contributed by atoms with Crippen LogP contribution in [0.2, 0.25) is 0 Å². The molecule has 5 nitrogen and oxygen atoms in total. The summed E-state index contributed by atoms with van der Waals surface area (Å²) < 4.78 is 11.6. The molecule has 21 heavy (non-hydrogen) atoms. The molecule has 0 N–H and O–H groups in total. The molecule has 0 aliphatic carbocycles. The number of aromatic nitrogens is 2. The van der Waals surface area contributed by atoms with E-state index in [4.69, 9.17) is 9.47 Å². The molecule has 0 spiro atoms. The fourth-order valence-corrected chi connectivity index (χ4v) is 1.91. The number of carbonyl (C=O) groups is 1. The fourth-order valence-electron chi connectivity index (χ4n) is 1.91. The minimum Gasteiger partial charge on any atom is -0.504 e. The van der Waals surface area contributed by atoms with Crippen LogP contribution in [0, 0.1) is 0 Å². The maximum Gasteiger partial charge on any atom is 0.359 e. The molecule has 0 aliphatic heterocycles. The fraction of sp³-hybridized carbons (Fsp3) is 0.250. The van der Waals surface area contributed by atoms with Gasteiger partial charge in [0, 0.05) is 11.8 Å². The van der Waals surface area contributed by atoms with Gasteiger partial charge in [-0.1, -0.05) is 30.3 Å². The smallest absolute Gasteiger partial charge is 0.359 e. The Morgan fingerprint density at radius 2 is 2.10 bits per heavy atom. The second-order valence-corrected chi connectivity index (χ2v) is 4.38. The van der Waals surface area contributed by atoms with Gasteiger partial charge >= 0.3 is 5.97 Å². The van der Waals surface area contributed by atoms with Gasteiger partial charge in [-0.15, -0.1) is 0 Å². The zero-order valence-corrected chi connectivity index (χ0v) is 12.2. The second kappa shape index (κ2) is 7.28. The van der Waals surface area contributed by atoms with Crippen molar-refractivity contribution < 1.29 is 14.3 Å². The number of rotatable bonds is 6. The summed E-state index contributed by atoms with van der Waals surface area (Å²) in [6.45, 7) is 2.68. The molecule has 0 amide bonds. The summed E-state index contributed by atoms with van der Waals surface area (Å²) in [4.78, 5) is 11.9. The molecular formula is C16H18N2O3. The van der Waals surface area contributed by atoms with Crippen molar-refractivity contribution in [3.63, 3.8) is 0 Å². The molecule has 0 fully saturated rings. The summed E-state index contributed by atoms with van der Waals surface area (Å²) >= 11 is 0.